The molecule has 0 unspecified atom stereocenters. The Bertz CT molecular complexity index is 450. The summed E-state index contributed by atoms with van der Waals surface area (Å²) in [4.78, 5) is 20.8. The van der Waals surface area contributed by atoms with Crippen LogP contribution >= 0.6 is 0 Å². The fourth-order valence-corrected chi connectivity index (χ4v) is 1.19. The second-order valence-electron chi connectivity index (χ2n) is 5.44. The van der Waals surface area contributed by atoms with Gasteiger partial charge >= 0.3 is 12.1 Å². The molecule has 0 saturated carbocycles. The van der Waals surface area contributed by atoms with Gasteiger partial charge in [-0.3, -0.25) is 4.79 Å². The Morgan fingerprint density at radius 3 is 2.14 bits per heavy atom. The Morgan fingerprint density at radius 2 is 1.76 bits per heavy atom. The zero-order chi connectivity index (χ0) is 16.5. The van der Waals surface area contributed by atoms with Crippen LogP contribution < -0.4 is 11.1 Å². The highest BCUT2D eigenvalue weighted by atomic mass is 16.6. The van der Waals surface area contributed by atoms with Crippen LogP contribution in [0.15, 0.2) is 24.3 Å². The molecule has 1 rings (SSSR count). The van der Waals surface area contributed by atoms with Gasteiger partial charge in [-0.25, -0.2) is 4.79 Å². The molecule has 1 aromatic rings. The van der Waals surface area contributed by atoms with Gasteiger partial charge in [-0.2, -0.15) is 0 Å². The first-order chi connectivity index (χ1) is 9.64. The summed E-state index contributed by atoms with van der Waals surface area (Å²) in [7, 11) is 0. The van der Waals surface area contributed by atoms with Gasteiger partial charge in [0.05, 0.1) is 0 Å². The lowest BCUT2D eigenvalue weighted by Gasteiger charge is -2.19. The van der Waals surface area contributed by atoms with Crippen LogP contribution in [0.5, 0.6) is 0 Å². The Hall–Kier alpha value is -2.08. The number of amides is 1. The number of benzene rings is 1. The van der Waals surface area contributed by atoms with Gasteiger partial charge in [0.2, 0.25) is 0 Å². The van der Waals surface area contributed by atoms with E-state index in [-0.39, 0.29) is 0 Å². The van der Waals surface area contributed by atoms with E-state index in [0.29, 0.717) is 6.54 Å². The fourth-order valence-electron chi connectivity index (χ4n) is 1.19. The second kappa shape index (κ2) is 8.97. The lowest BCUT2D eigenvalue weighted by molar-refractivity contribution is -0.136. The summed E-state index contributed by atoms with van der Waals surface area (Å²) in [6.07, 6.45) is -0.718. The summed E-state index contributed by atoms with van der Waals surface area (Å²) in [6.45, 7) is 7.39. The van der Waals surface area contributed by atoms with Crippen molar-refractivity contribution in [2.24, 2.45) is 5.73 Å². The molecule has 0 fully saturated rings. The fraction of sp³-hybridized carbons (Fsp3) is 0.467. The number of aryl methyl sites for hydroxylation is 1. The van der Waals surface area contributed by atoms with Crippen molar-refractivity contribution in [3.05, 3.63) is 35.4 Å². The standard InChI is InChI=1S/C8H11N.C7H13NO4/c1-7-2-4-8(6-9)5-3-7;1-7(2,3)12-6(11)8-4-5(9)10/h2-5H,6,9H2,1H3;4H2,1-3H3,(H,8,11)(H,9,10). The number of alkyl carbamates (subject to hydrolysis) is 1. The number of nitrogens with two attached hydrogens (primary N) is 1. The van der Waals surface area contributed by atoms with Gasteiger partial charge in [-0.1, -0.05) is 29.8 Å². The van der Waals surface area contributed by atoms with Gasteiger partial charge in [-0.05, 0) is 33.3 Å². The van der Waals surface area contributed by atoms with Crippen molar-refractivity contribution in [2.75, 3.05) is 6.54 Å². The van der Waals surface area contributed by atoms with Gasteiger partial charge in [0.1, 0.15) is 12.1 Å². The van der Waals surface area contributed by atoms with Gasteiger partial charge in [0.15, 0.2) is 0 Å². The number of nitrogens with one attached hydrogen (secondary N) is 1. The molecule has 0 aliphatic carbocycles. The van der Waals surface area contributed by atoms with Crippen LogP contribution in [0.1, 0.15) is 31.9 Å². The number of carboxylic acid groups (broad SMARTS) is 1. The maximum Gasteiger partial charge on any atom is 0.408 e. The van der Waals surface area contributed by atoms with Crippen LogP contribution in [0.25, 0.3) is 0 Å². The first-order valence-corrected chi connectivity index (χ1v) is 6.58. The molecule has 21 heavy (non-hydrogen) atoms. The molecule has 1 amide bonds. The molecule has 0 aliphatic rings. The summed E-state index contributed by atoms with van der Waals surface area (Å²) < 4.78 is 4.77. The van der Waals surface area contributed by atoms with Crippen molar-refractivity contribution in [1.29, 1.82) is 0 Å². The van der Waals surface area contributed by atoms with Gasteiger partial charge in [0, 0.05) is 6.54 Å². The SMILES string of the molecule is CC(C)(C)OC(=O)NCC(=O)O.Cc1ccc(CN)cc1. The smallest absolute Gasteiger partial charge is 0.408 e. The van der Waals surface area contributed by atoms with Crippen LogP contribution in [-0.4, -0.2) is 29.3 Å². The van der Waals surface area contributed by atoms with Crippen molar-refractivity contribution in [2.45, 2.75) is 39.8 Å². The Labute approximate surface area is 125 Å². The quantitative estimate of drug-likeness (QED) is 0.792. The van der Waals surface area contributed by atoms with E-state index in [0.717, 1.165) is 0 Å². The monoisotopic (exact) mass is 296 g/mol. The van der Waals surface area contributed by atoms with E-state index in [4.69, 9.17) is 15.6 Å². The third-order valence-electron chi connectivity index (χ3n) is 2.14. The molecule has 0 aliphatic heterocycles. The molecule has 4 N–H and O–H groups in total. The highest BCUT2D eigenvalue weighted by Gasteiger charge is 2.16. The summed E-state index contributed by atoms with van der Waals surface area (Å²) in [5, 5.41) is 10.3. The first kappa shape index (κ1) is 18.9. The predicted octanol–water partition coefficient (Wildman–Crippen LogP) is 2.05. The minimum atomic E-state index is -1.10. The number of hydrogen-bond donors (Lipinski definition) is 3. The average molecular weight is 296 g/mol. The van der Waals surface area contributed by atoms with E-state index >= 15 is 0 Å². The van der Waals surface area contributed by atoms with Crippen molar-refractivity contribution in [3.8, 4) is 0 Å². The van der Waals surface area contributed by atoms with E-state index in [9.17, 15) is 9.59 Å². The lowest BCUT2D eigenvalue weighted by Crippen LogP contribution is -2.35. The molecule has 0 heterocycles. The van der Waals surface area contributed by atoms with Crippen LogP contribution in [0, 0.1) is 6.92 Å². The van der Waals surface area contributed by atoms with Crippen LogP contribution in [-0.2, 0) is 16.1 Å². The zero-order valence-corrected chi connectivity index (χ0v) is 13.0. The maximum absolute atomic E-state index is 10.8. The zero-order valence-electron chi connectivity index (χ0n) is 13.0. The number of carboxylic acids is 1. The topological polar surface area (TPSA) is 102 Å². The first-order valence-electron chi connectivity index (χ1n) is 6.58. The summed E-state index contributed by atoms with van der Waals surface area (Å²) in [5.41, 5.74) is 7.28. The molecule has 1 aromatic carbocycles. The molecule has 6 nitrogen and oxygen atoms in total. The van der Waals surface area contributed by atoms with E-state index in [1.54, 1.807) is 20.8 Å². The van der Waals surface area contributed by atoms with Crippen molar-refractivity contribution in [1.82, 2.24) is 5.32 Å². The van der Waals surface area contributed by atoms with E-state index < -0.39 is 24.2 Å². The van der Waals surface area contributed by atoms with E-state index in [1.807, 2.05) is 0 Å². The molecule has 6 heteroatoms. The summed E-state index contributed by atoms with van der Waals surface area (Å²) >= 11 is 0. The molecule has 0 aromatic heterocycles. The van der Waals surface area contributed by atoms with Crippen molar-refractivity contribution >= 4 is 12.1 Å². The minimum Gasteiger partial charge on any atom is -0.480 e. The number of carbonyl (C=O) groups excluding carboxylic acids is 1. The molecule has 0 atom stereocenters. The average Bonchev–Trinajstić information content (AvgIpc) is 2.36. The number of ether oxygens (including phenoxy) is 1. The van der Waals surface area contributed by atoms with Crippen molar-refractivity contribution < 1.29 is 19.4 Å². The molecule has 0 bridgehead atoms. The van der Waals surface area contributed by atoms with Crippen LogP contribution in [0.2, 0.25) is 0 Å². The Morgan fingerprint density at radius 1 is 1.24 bits per heavy atom. The third-order valence-corrected chi connectivity index (χ3v) is 2.14. The third kappa shape index (κ3) is 11.4. The second-order valence-corrected chi connectivity index (χ2v) is 5.44. The van der Waals surface area contributed by atoms with E-state index in [1.165, 1.54) is 11.1 Å². The summed E-state index contributed by atoms with van der Waals surface area (Å²) in [5.74, 6) is -1.10. The number of rotatable bonds is 3. The molecule has 118 valence electrons. The van der Waals surface area contributed by atoms with Gasteiger partial charge in [0.25, 0.3) is 0 Å². The number of aliphatic carboxylic acids is 1. The highest BCUT2D eigenvalue weighted by Crippen LogP contribution is 2.05. The van der Waals surface area contributed by atoms with E-state index in [2.05, 4.69) is 36.5 Å². The highest BCUT2D eigenvalue weighted by molar-refractivity contribution is 5.76. The predicted molar refractivity (Wildman–Crippen MR) is 80.9 cm³/mol. The number of carbonyl (C=O) groups is 2. The van der Waals surface area contributed by atoms with Crippen LogP contribution in [0.3, 0.4) is 0 Å². The molecule has 0 saturated heterocycles. The van der Waals surface area contributed by atoms with Gasteiger partial charge < -0.3 is 20.9 Å². The normalized spacial score (nSPS) is 10.1. The Kier molecular flexibility index (Phi) is 8.08. The molecular formula is C15H24N2O4. The van der Waals surface area contributed by atoms with Crippen LogP contribution in [0.4, 0.5) is 4.79 Å². The minimum absolute atomic E-state index is 0.422. The Balaban J connectivity index is 0.000000394. The van der Waals surface area contributed by atoms with Gasteiger partial charge in [-0.15, -0.1) is 0 Å². The molecular weight excluding hydrogens is 272 g/mol. The largest absolute Gasteiger partial charge is 0.480 e. The maximum atomic E-state index is 10.8. The number of hydrogen-bond acceptors (Lipinski definition) is 4. The summed E-state index contributed by atoms with van der Waals surface area (Å²) in [6, 6.07) is 8.25. The lowest BCUT2D eigenvalue weighted by atomic mass is 10.2. The molecule has 0 radical (unpaired) electrons. The molecule has 0 spiro atoms. The van der Waals surface area contributed by atoms with Crippen molar-refractivity contribution in [3.63, 3.8) is 0 Å².